The summed E-state index contributed by atoms with van der Waals surface area (Å²) in [5.41, 5.74) is 3.22. The van der Waals surface area contributed by atoms with E-state index < -0.39 is 12.6 Å². The lowest BCUT2D eigenvalue weighted by molar-refractivity contribution is -0.128. The standard InChI is InChI=1S/C28H25F3N4O2/c1-17(23-6-5-13-36-23)33-19-8-10-20(11-9-19)35-22-12-7-18(26-32-16-24(37-26)27(2,3)4)14-21(22)34-25(35)15-28(29,30)31/h5-14,16,33H,1,15H2,2-4H3. The van der Waals surface area contributed by atoms with Gasteiger partial charge in [-0.1, -0.05) is 27.4 Å². The maximum absolute atomic E-state index is 13.5. The summed E-state index contributed by atoms with van der Waals surface area (Å²) >= 11 is 0. The van der Waals surface area contributed by atoms with Gasteiger partial charge in [-0.15, -0.1) is 0 Å². The SMILES string of the molecule is C=C(Nc1ccc(-n2c(CC(F)(F)F)nc3cc(-c4ncc(C(C)(C)C)o4)ccc32)cc1)c1ccco1. The van der Waals surface area contributed by atoms with Gasteiger partial charge >= 0.3 is 6.18 Å². The lowest BCUT2D eigenvalue weighted by Gasteiger charge is -2.13. The third-order valence-electron chi connectivity index (χ3n) is 5.81. The maximum Gasteiger partial charge on any atom is 0.396 e. The average molecular weight is 507 g/mol. The van der Waals surface area contributed by atoms with Crippen molar-refractivity contribution in [3.8, 4) is 17.1 Å². The number of rotatable bonds is 6. The number of alkyl halides is 3. The van der Waals surface area contributed by atoms with E-state index in [2.05, 4.69) is 21.9 Å². The number of nitrogens with zero attached hydrogens (tertiary/aromatic N) is 3. The van der Waals surface area contributed by atoms with Crippen LogP contribution in [0.2, 0.25) is 0 Å². The number of hydrogen-bond donors (Lipinski definition) is 1. The third kappa shape index (κ3) is 5.16. The Bertz CT molecular complexity index is 1550. The van der Waals surface area contributed by atoms with Crippen LogP contribution in [0.15, 0.2) is 82.5 Å². The van der Waals surface area contributed by atoms with Crippen molar-refractivity contribution < 1.29 is 22.0 Å². The summed E-state index contributed by atoms with van der Waals surface area (Å²) in [4.78, 5) is 8.71. The van der Waals surface area contributed by atoms with Crippen molar-refractivity contribution in [2.75, 3.05) is 5.32 Å². The Morgan fingerprint density at radius 1 is 1.05 bits per heavy atom. The van der Waals surface area contributed by atoms with Crippen molar-refractivity contribution in [2.24, 2.45) is 0 Å². The molecule has 0 fully saturated rings. The largest absolute Gasteiger partial charge is 0.463 e. The Morgan fingerprint density at radius 3 is 2.43 bits per heavy atom. The Hall–Kier alpha value is -4.27. The highest BCUT2D eigenvalue weighted by Gasteiger charge is 2.31. The van der Waals surface area contributed by atoms with Crippen LogP contribution in [-0.2, 0) is 11.8 Å². The molecule has 0 aliphatic heterocycles. The topological polar surface area (TPSA) is 69.0 Å². The minimum Gasteiger partial charge on any atom is -0.463 e. The molecular weight excluding hydrogens is 481 g/mol. The van der Waals surface area contributed by atoms with Gasteiger partial charge in [0.15, 0.2) is 0 Å². The molecule has 0 bridgehead atoms. The van der Waals surface area contributed by atoms with Gasteiger partial charge in [0.1, 0.15) is 23.8 Å². The van der Waals surface area contributed by atoms with E-state index in [0.29, 0.717) is 51.1 Å². The number of oxazole rings is 1. The van der Waals surface area contributed by atoms with Gasteiger partial charge < -0.3 is 14.2 Å². The van der Waals surface area contributed by atoms with Crippen LogP contribution in [0.3, 0.4) is 0 Å². The Morgan fingerprint density at radius 2 is 1.81 bits per heavy atom. The second-order valence-corrected chi connectivity index (χ2v) is 9.77. The lowest BCUT2D eigenvalue weighted by atomic mass is 9.94. The molecule has 6 nitrogen and oxygen atoms in total. The van der Waals surface area contributed by atoms with Crippen LogP contribution < -0.4 is 5.32 Å². The predicted molar refractivity (Wildman–Crippen MR) is 136 cm³/mol. The fourth-order valence-electron chi connectivity index (χ4n) is 3.98. The monoisotopic (exact) mass is 506 g/mol. The zero-order valence-corrected chi connectivity index (χ0v) is 20.6. The first-order chi connectivity index (χ1) is 17.5. The molecule has 3 aromatic heterocycles. The molecule has 0 radical (unpaired) electrons. The van der Waals surface area contributed by atoms with Crippen LogP contribution >= 0.6 is 0 Å². The van der Waals surface area contributed by atoms with E-state index >= 15 is 0 Å². The molecule has 5 aromatic rings. The molecule has 0 saturated carbocycles. The van der Waals surface area contributed by atoms with Crippen LogP contribution in [-0.4, -0.2) is 20.7 Å². The molecule has 0 amide bonds. The smallest absolute Gasteiger partial charge is 0.396 e. The van der Waals surface area contributed by atoms with Gasteiger partial charge in [0.05, 0.1) is 29.2 Å². The van der Waals surface area contributed by atoms with Gasteiger partial charge in [0.25, 0.3) is 0 Å². The van der Waals surface area contributed by atoms with Gasteiger partial charge in [0, 0.05) is 22.4 Å². The van der Waals surface area contributed by atoms with E-state index in [9.17, 15) is 13.2 Å². The molecule has 0 spiro atoms. The number of aromatic nitrogens is 3. The zero-order chi connectivity index (χ0) is 26.4. The number of halogens is 3. The molecule has 0 saturated heterocycles. The summed E-state index contributed by atoms with van der Waals surface area (Å²) in [6.45, 7) is 9.99. The molecule has 9 heteroatoms. The van der Waals surface area contributed by atoms with Crippen LogP contribution in [0.1, 0.15) is 38.1 Å². The number of imidazole rings is 1. The highest BCUT2D eigenvalue weighted by molar-refractivity contribution is 5.83. The number of hydrogen-bond acceptors (Lipinski definition) is 5. The van der Waals surface area contributed by atoms with E-state index in [1.54, 1.807) is 67.1 Å². The van der Waals surface area contributed by atoms with E-state index in [1.807, 2.05) is 20.8 Å². The molecule has 0 aliphatic rings. The highest BCUT2D eigenvalue weighted by Crippen LogP contribution is 2.32. The molecule has 190 valence electrons. The van der Waals surface area contributed by atoms with Crippen LogP contribution in [0.4, 0.5) is 18.9 Å². The normalized spacial score (nSPS) is 12.3. The molecule has 3 heterocycles. The minimum atomic E-state index is -4.42. The first-order valence-electron chi connectivity index (χ1n) is 11.6. The van der Waals surface area contributed by atoms with Crippen molar-refractivity contribution in [3.05, 3.63) is 91.0 Å². The predicted octanol–water partition coefficient (Wildman–Crippen LogP) is 7.76. The molecule has 2 aromatic carbocycles. The average Bonchev–Trinajstić information content (AvgIpc) is 3.57. The first-order valence-corrected chi connectivity index (χ1v) is 11.6. The van der Waals surface area contributed by atoms with E-state index in [-0.39, 0.29) is 11.2 Å². The zero-order valence-electron chi connectivity index (χ0n) is 20.6. The molecule has 1 N–H and O–H groups in total. The second-order valence-electron chi connectivity index (χ2n) is 9.77. The molecule has 37 heavy (non-hydrogen) atoms. The Labute approximate surface area is 211 Å². The Kier molecular flexibility index (Phi) is 5.94. The van der Waals surface area contributed by atoms with Crippen molar-refractivity contribution >= 4 is 22.4 Å². The second kappa shape index (κ2) is 8.99. The van der Waals surface area contributed by atoms with Gasteiger partial charge in [-0.05, 0) is 54.6 Å². The van der Waals surface area contributed by atoms with Crippen molar-refractivity contribution in [1.29, 1.82) is 0 Å². The molecule has 5 rings (SSSR count). The summed E-state index contributed by atoms with van der Waals surface area (Å²) in [5.74, 6) is 1.59. The van der Waals surface area contributed by atoms with Crippen LogP contribution in [0.5, 0.6) is 0 Å². The van der Waals surface area contributed by atoms with Crippen LogP contribution in [0.25, 0.3) is 33.9 Å². The van der Waals surface area contributed by atoms with E-state index in [0.717, 1.165) is 0 Å². The highest BCUT2D eigenvalue weighted by atomic mass is 19.4. The summed E-state index contributed by atoms with van der Waals surface area (Å²) in [6.07, 6.45) is -2.37. The number of nitrogens with one attached hydrogen (secondary N) is 1. The lowest BCUT2D eigenvalue weighted by Crippen LogP contribution is -2.15. The molecular formula is C28H25F3N4O2. The Balaban J connectivity index is 1.51. The quantitative estimate of drug-likeness (QED) is 0.255. The summed E-state index contributed by atoms with van der Waals surface area (Å²) in [7, 11) is 0. The molecule has 0 unspecified atom stereocenters. The van der Waals surface area contributed by atoms with E-state index in [4.69, 9.17) is 8.83 Å². The fraction of sp³-hybridized carbons (Fsp3) is 0.214. The van der Waals surface area contributed by atoms with Crippen molar-refractivity contribution in [3.63, 3.8) is 0 Å². The van der Waals surface area contributed by atoms with Crippen molar-refractivity contribution in [1.82, 2.24) is 14.5 Å². The molecule has 0 atom stereocenters. The molecule has 0 aliphatic carbocycles. The van der Waals surface area contributed by atoms with Gasteiger partial charge in [-0.25, -0.2) is 9.97 Å². The van der Waals surface area contributed by atoms with Gasteiger partial charge in [-0.3, -0.25) is 4.57 Å². The van der Waals surface area contributed by atoms with Crippen molar-refractivity contribution in [2.45, 2.75) is 38.8 Å². The van der Waals surface area contributed by atoms with Gasteiger partial charge in [0.2, 0.25) is 5.89 Å². The number of furan rings is 1. The summed E-state index contributed by atoms with van der Waals surface area (Å²) < 4.78 is 53.1. The summed E-state index contributed by atoms with van der Waals surface area (Å²) in [5, 5.41) is 3.13. The number of fused-ring (bicyclic) bond motifs is 1. The maximum atomic E-state index is 13.5. The minimum absolute atomic E-state index is 0.108. The fourth-order valence-corrected chi connectivity index (χ4v) is 3.98. The van der Waals surface area contributed by atoms with Crippen LogP contribution in [0, 0.1) is 0 Å². The van der Waals surface area contributed by atoms with E-state index in [1.165, 1.54) is 4.57 Å². The number of benzene rings is 2. The van der Waals surface area contributed by atoms with Gasteiger partial charge in [-0.2, -0.15) is 13.2 Å². The first kappa shape index (κ1) is 24.4. The number of anilines is 1. The summed E-state index contributed by atoms with van der Waals surface area (Å²) in [6, 6.07) is 15.8. The third-order valence-corrected chi connectivity index (χ3v) is 5.81.